The molecule has 0 aliphatic heterocycles. The number of hydrogen-bond acceptors (Lipinski definition) is 5. The van der Waals surface area contributed by atoms with E-state index < -0.39 is 5.97 Å². The Balaban J connectivity index is 1.98. The molecule has 0 amide bonds. The van der Waals surface area contributed by atoms with Crippen molar-refractivity contribution in [2.45, 2.75) is 6.92 Å². The van der Waals surface area contributed by atoms with Crippen LogP contribution in [0.1, 0.15) is 17.3 Å². The highest BCUT2D eigenvalue weighted by molar-refractivity contribution is 6.37. The third-order valence-electron chi connectivity index (χ3n) is 3.16. The lowest BCUT2D eigenvalue weighted by molar-refractivity contribution is 0.0526. The molecule has 5 nitrogen and oxygen atoms in total. The second-order valence-corrected chi connectivity index (χ2v) is 5.16. The minimum Gasteiger partial charge on any atom is -0.462 e. The Morgan fingerprint density at radius 3 is 2.67 bits per heavy atom. The van der Waals surface area contributed by atoms with Crippen molar-refractivity contribution in [1.82, 2.24) is 9.97 Å². The third kappa shape index (κ3) is 3.28. The molecule has 3 rings (SSSR count). The first kappa shape index (κ1) is 16.1. The van der Waals surface area contributed by atoms with Crippen LogP contribution in [0.2, 0.25) is 5.02 Å². The Morgan fingerprint density at radius 2 is 1.96 bits per heavy atom. The number of ether oxygens (including phenoxy) is 2. The van der Waals surface area contributed by atoms with Crippen LogP contribution in [0.15, 0.2) is 42.6 Å². The van der Waals surface area contributed by atoms with Gasteiger partial charge in [-0.2, -0.15) is 0 Å². The molecule has 122 valence electrons. The maximum Gasteiger partial charge on any atom is 0.341 e. The van der Waals surface area contributed by atoms with Gasteiger partial charge in [0.15, 0.2) is 0 Å². The molecule has 0 aliphatic rings. The normalized spacial score (nSPS) is 10.6. The molecular weight excluding hydrogens is 335 g/mol. The summed E-state index contributed by atoms with van der Waals surface area (Å²) in [5, 5.41) is 0.142. The molecule has 0 N–H and O–H groups in total. The molecular formula is C17H12ClFN2O3. The summed E-state index contributed by atoms with van der Waals surface area (Å²) in [6.45, 7) is 1.93. The van der Waals surface area contributed by atoms with Gasteiger partial charge in [-0.3, -0.25) is 4.98 Å². The smallest absolute Gasteiger partial charge is 0.341 e. The van der Waals surface area contributed by atoms with Crippen LogP contribution in [-0.2, 0) is 4.74 Å². The Bertz CT molecular complexity index is 900. The number of esters is 1. The topological polar surface area (TPSA) is 61.3 Å². The van der Waals surface area contributed by atoms with Crippen molar-refractivity contribution in [1.29, 1.82) is 0 Å². The van der Waals surface area contributed by atoms with Crippen molar-refractivity contribution < 1.29 is 18.7 Å². The van der Waals surface area contributed by atoms with Gasteiger partial charge < -0.3 is 9.47 Å². The first-order chi connectivity index (χ1) is 11.6. The van der Waals surface area contributed by atoms with Gasteiger partial charge in [0.25, 0.3) is 0 Å². The van der Waals surface area contributed by atoms with Crippen molar-refractivity contribution >= 4 is 28.6 Å². The van der Waals surface area contributed by atoms with E-state index in [1.165, 1.54) is 30.5 Å². The highest BCUT2D eigenvalue weighted by Gasteiger charge is 2.16. The second kappa shape index (κ2) is 6.80. The van der Waals surface area contributed by atoms with Crippen LogP contribution in [0.25, 0.3) is 11.0 Å². The number of aromatic nitrogens is 2. The highest BCUT2D eigenvalue weighted by Crippen LogP contribution is 2.28. The van der Waals surface area contributed by atoms with E-state index in [9.17, 15) is 9.18 Å². The number of rotatable bonds is 4. The van der Waals surface area contributed by atoms with E-state index in [1.54, 1.807) is 19.1 Å². The molecule has 1 aromatic carbocycles. The molecule has 3 aromatic rings. The number of nitrogens with zero attached hydrogens (tertiary/aromatic N) is 2. The molecule has 0 fully saturated rings. The molecule has 0 bridgehead atoms. The Labute approximate surface area is 142 Å². The molecule has 24 heavy (non-hydrogen) atoms. The summed E-state index contributed by atoms with van der Waals surface area (Å²) in [6, 6.07) is 8.81. The van der Waals surface area contributed by atoms with Crippen LogP contribution < -0.4 is 4.74 Å². The molecule has 0 spiro atoms. The number of fused-ring (bicyclic) bond motifs is 1. The van der Waals surface area contributed by atoms with E-state index in [0.29, 0.717) is 16.8 Å². The monoisotopic (exact) mass is 346 g/mol. The molecule has 2 aromatic heterocycles. The Kier molecular flexibility index (Phi) is 4.57. The van der Waals surface area contributed by atoms with Gasteiger partial charge in [0.05, 0.1) is 22.7 Å². The van der Waals surface area contributed by atoms with Crippen LogP contribution in [0.5, 0.6) is 11.6 Å². The van der Waals surface area contributed by atoms with Crippen molar-refractivity contribution in [2.75, 3.05) is 6.61 Å². The summed E-state index contributed by atoms with van der Waals surface area (Å²) in [7, 11) is 0. The van der Waals surface area contributed by atoms with Crippen LogP contribution in [0, 0.1) is 5.82 Å². The molecule has 7 heteroatoms. The average molecular weight is 347 g/mol. The van der Waals surface area contributed by atoms with Crippen LogP contribution >= 0.6 is 11.6 Å². The number of carbonyl (C=O) groups is 1. The van der Waals surface area contributed by atoms with Gasteiger partial charge in [0.1, 0.15) is 17.1 Å². The van der Waals surface area contributed by atoms with Crippen molar-refractivity contribution in [3.63, 3.8) is 0 Å². The lowest BCUT2D eigenvalue weighted by Gasteiger charge is -2.08. The first-order valence-electron chi connectivity index (χ1n) is 7.14. The van der Waals surface area contributed by atoms with E-state index in [-0.39, 0.29) is 28.9 Å². The number of halogens is 2. The molecule has 0 unspecified atom stereocenters. The van der Waals surface area contributed by atoms with Gasteiger partial charge in [-0.05, 0) is 37.3 Å². The first-order valence-corrected chi connectivity index (χ1v) is 7.52. The van der Waals surface area contributed by atoms with Gasteiger partial charge in [0.2, 0.25) is 5.88 Å². The molecule has 0 aliphatic carbocycles. The predicted molar refractivity (Wildman–Crippen MR) is 87.0 cm³/mol. The Morgan fingerprint density at radius 1 is 1.21 bits per heavy atom. The summed E-state index contributed by atoms with van der Waals surface area (Å²) in [5.41, 5.74) is 0.971. The molecule has 0 saturated carbocycles. The predicted octanol–water partition coefficient (Wildman–Crippen LogP) is 4.39. The highest BCUT2D eigenvalue weighted by atomic mass is 35.5. The zero-order chi connectivity index (χ0) is 17.1. The van der Waals surface area contributed by atoms with E-state index >= 15 is 0 Å². The van der Waals surface area contributed by atoms with E-state index in [1.807, 2.05) is 0 Å². The standard InChI is InChI=1S/C17H12ClFN2O3/c1-2-23-17(22)12-9-20-13-7-8-14(21-16(13)15(12)18)24-11-5-3-10(19)4-6-11/h3-9H,2H2,1H3. The van der Waals surface area contributed by atoms with E-state index in [2.05, 4.69) is 9.97 Å². The molecule has 0 radical (unpaired) electrons. The molecule has 2 heterocycles. The lowest BCUT2D eigenvalue weighted by atomic mass is 10.2. The zero-order valence-electron chi connectivity index (χ0n) is 12.6. The SMILES string of the molecule is CCOC(=O)c1cnc2ccc(Oc3ccc(F)cc3)nc2c1Cl. The van der Waals surface area contributed by atoms with Crippen molar-refractivity contribution in [2.24, 2.45) is 0 Å². The number of benzene rings is 1. The summed E-state index contributed by atoms with van der Waals surface area (Å²) in [6.07, 6.45) is 1.35. The number of carbonyl (C=O) groups excluding carboxylic acids is 1. The van der Waals surface area contributed by atoms with Gasteiger partial charge in [-0.25, -0.2) is 14.2 Å². The fourth-order valence-electron chi connectivity index (χ4n) is 2.05. The summed E-state index contributed by atoms with van der Waals surface area (Å²) in [4.78, 5) is 20.3. The summed E-state index contributed by atoms with van der Waals surface area (Å²) >= 11 is 6.26. The van der Waals surface area contributed by atoms with Gasteiger partial charge >= 0.3 is 5.97 Å². The maximum atomic E-state index is 12.9. The lowest BCUT2D eigenvalue weighted by Crippen LogP contribution is -2.06. The van der Waals surface area contributed by atoms with Crippen molar-refractivity contribution in [3.05, 3.63) is 59.0 Å². The zero-order valence-corrected chi connectivity index (χ0v) is 13.4. The average Bonchev–Trinajstić information content (AvgIpc) is 2.58. The van der Waals surface area contributed by atoms with Gasteiger partial charge in [-0.1, -0.05) is 11.6 Å². The summed E-state index contributed by atoms with van der Waals surface area (Å²) < 4.78 is 23.4. The van der Waals surface area contributed by atoms with E-state index in [4.69, 9.17) is 21.1 Å². The largest absolute Gasteiger partial charge is 0.462 e. The minimum atomic E-state index is -0.566. The Hall–Kier alpha value is -2.73. The maximum absolute atomic E-state index is 12.9. The number of pyridine rings is 2. The fraction of sp³-hybridized carbons (Fsp3) is 0.118. The number of hydrogen-bond donors (Lipinski definition) is 0. The quantitative estimate of drug-likeness (QED) is 0.655. The van der Waals surface area contributed by atoms with Crippen LogP contribution in [0.3, 0.4) is 0 Å². The molecule has 0 atom stereocenters. The van der Waals surface area contributed by atoms with Crippen LogP contribution in [-0.4, -0.2) is 22.5 Å². The third-order valence-corrected chi connectivity index (χ3v) is 3.54. The van der Waals surface area contributed by atoms with E-state index in [0.717, 1.165) is 0 Å². The van der Waals surface area contributed by atoms with Crippen molar-refractivity contribution in [3.8, 4) is 11.6 Å². The summed E-state index contributed by atoms with van der Waals surface area (Å²) in [5.74, 6) is -0.253. The molecule has 0 saturated heterocycles. The van der Waals surface area contributed by atoms with Gasteiger partial charge in [-0.15, -0.1) is 0 Å². The fourth-order valence-corrected chi connectivity index (χ4v) is 2.31. The van der Waals surface area contributed by atoms with Gasteiger partial charge in [0, 0.05) is 12.3 Å². The minimum absolute atomic E-state index is 0.137. The second-order valence-electron chi connectivity index (χ2n) is 4.78. The van der Waals surface area contributed by atoms with Crippen LogP contribution in [0.4, 0.5) is 4.39 Å².